The molecule has 39 heteroatoms. The highest BCUT2D eigenvalue weighted by Gasteiger charge is 2.53. The molecule has 3 fully saturated rings. The topological polar surface area (TPSA) is 440 Å². The maximum atomic E-state index is 15.5. The number of aliphatic hydroxyl groups excluding tert-OH is 2. The quantitative estimate of drug-likeness (QED) is 0.00962. The van der Waals surface area contributed by atoms with Crippen LogP contribution in [0.1, 0.15) is 85.3 Å². The van der Waals surface area contributed by atoms with Crippen molar-refractivity contribution in [1.29, 1.82) is 0 Å². The van der Waals surface area contributed by atoms with Gasteiger partial charge in [-0.2, -0.15) is 4.98 Å². The second-order valence-corrected chi connectivity index (χ2v) is 36.1. The van der Waals surface area contributed by atoms with Crippen LogP contribution >= 0.6 is 43.6 Å². The average molecular weight is 1530 g/mol. The standard InChI is InChI=1S/C64H74N17O16P3S3/c1-98(88,101)92-28-11-3-2-10-26-67-47(82)16-8-9-17-48(83)78-30-39-12-4-5-13-42(39)49-54(43-14-6-7-15-44(43)78)81(77-74-49)27-29-91-40-24-20-38(21-25-40)63(87)95-41-22-18-37(19-23-41)33-103-100(90)76-51-45(96-61(56(51)85)79-35-70-52-57(65)68-34-69-58(52)79)31-93-99(89,102)75-50-46(32-94-100)97-62(55(50)84)80-36-71-53-59(80)72-64(66)73-60(53)86/h4-7,12-15,18-25,34-36,45-46,50-51,55-56,61-62,84-85H,2-3,8-11,16-17,26-33H2,1H3,(H,67,82)(H,76,90)(H,88,101)(H2,65,68,69)(H2,75,89,102)(H3,66,72,73,86)/t45-,46-,50-,51-,55-,56-,61-,62-,98?,99+,100-/m1/s1. The Morgan fingerprint density at radius 3 is 2.21 bits per heavy atom. The number of rotatable bonds is 24. The number of unbranched alkanes of at least 4 members (excludes halogenated alkanes) is 4. The fraction of sp³-hybridized carbons (Fsp3) is 0.391. The Bertz CT molecular complexity index is 4800. The van der Waals surface area contributed by atoms with Crippen molar-refractivity contribution in [2.45, 2.75) is 119 Å². The lowest BCUT2D eigenvalue weighted by Gasteiger charge is -2.31. The fourth-order valence-electron chi connectivity index (χ4n) is 12.5. The highest BCUT2D eigenvalue weighted by molar-refractivity contribution is 8.55. The number of amides is 2. The molecule has 5 aromatic heterocycles. The molecule has 103 heavy (non-hydrogen) atoms. The zero-order valence-corrected chi connectivity index (χ0v) is 60.4. The van der Waals surface area contributed by atoms with Gasteiger partial charge in [-0.1, -0.05) is 84.9 Å². The van der Waals surface area contributed by atoms with Crippen LogP contribution in [0.5, 0.6) is 11.5 Å². The number of nitrogens with one attached hydrogen (secondary N) is 4. The third-order valence-electron chi connectivity index (χ3n) is 17.6. The maximum Gasteiger partial charge on any atom is 0.343 e. The van der Waals surface area contributed by atoms with E-state index in [1.54, 1.807) is 58.1 Å². The Morgan fingerprint density at radius 1 is 0.786 bits per heavy atom. The van der Waals surface area contributed by atoms with Crippen LogP contribution in [0.25, 0.3) is 44.8 Å². The normalized spacial score (nSPS) is 23.9. The van der Waals surface area contributed by atoms with Crippen LogP contribution in [-0.2, 0) is 72.4 Å². The van der Waals surface area contributed by atoms with Gasteiger partial charge in [0.1, 0.15) is 60.1 Å². The Kier molecular flexibility index (Phi) is 22.7. The number of aromatic amines is 1. The van der Waals surface area contributed by atoms with Gasteiger partial charge < -0.3 is 69.3 Å². The van der Waals surface area contributed by atoms with Crippen molar-refractivity contribution in [1.82, 2.24) is 69.5 Å². The number of nitrogens with two attached hydrogens (primary N) is 2. The van der Waals surface area contributed by atoms with E-state index in [1.165, 1.54) is 34.8 Å². The molecule has 1 unspecified atom stereocenters. The van der Waals surface area contributed by atoms with Gasteiger partial charge in [-0.05, 0) is 102 Å². The number of hydrogen-bond donors (Lipinski definition) is 10. The Hall–Kier alpha value is -7.86. The van der Waals surface area contributed by atoms with Crippen molar-refractivity contribution >= 4 is 113 Å². The summed E-state index contributed by atoms with van der Waals surface area (Å²) < 4.78 is 76.3. The number of nitrogen functional groups attached to an aromatic ring is 2. The van der Waals surface area contributed by atoms with Crippen LogP contribution in [-0.4, -0.2) is 163 Å². The largest absolute Gasteiger partial charge is 0.492 e. The monoisotopic (exact) mass is 1530 g/mol. The first-order valence-electron chi connectivity index (χ1n) is 33.0. The molecule has 0 saturated carbocycles. The molecule has 13 rings (SSSR count). The summed E-state index contributed by atoms with van der Waals surface area (Å²) in [5.41, 5.74) is 17.0. The number of aliphatic hydroxyl groups is 2. The molecule has 2 amide bonds. The molecule has 0 radical (unpaired) electrons. The van der Waals surface area contributed by atoms with Crippen molar-refractivity contribution in [2.75, 3.05) is 56.0 Å². The highest BCUT2D eigenvalue weighted by atomic mass is 32.7. The molecule has 9 aromatic rings. The van der Waals surface area contributed by atoms with E-state index >= 15 is 4.57 Å². The summed E-state index contributed by atoms with van der Waals surface area (Å²) >= 11 is 10.1. The number of benzene rings is 4. The zero-order chi connectivity index (χ0) is 72.2. The molecule has 0 spiro atoms. The number of imidazole rings is 2. The third-order valence-corrected chi connectivity index (χ3v) is 24.4. The highest BCUT2D eigenvalue weighted by Crippen LogP contribution is 2.60. The first kappa shape index (κ1) is 73.5. The molecule has 544 valence electrons. The predicted molar refractivity (Wildman–Crippen MR) is 387 cm³/mol. The molecule has 4 aliphatic rings. The summed E-state index contributed by atoms with van der Waals surface area (Å²) in [6.45, 7) is -8.94. The van der Waals surface area contributed by atoms with Crippen LogP contribution in [0.3, 0.4) is 0 Å². The van der Waals surface area contributed by atoms with E-state index in [1.807, 2.05) is 48.5 Å². The summed E-state index contributed by atoms with van der Waals surface area (Å²) in [4.78, 5) is 88.0. The maximum absolute atomic E-state index is 15.5. The number of hydrogen-bond acceptors (Lipinski definition) is 26. The van der Waals surface area contributed by atoms with E-state index in [4.69, 9.17) is 55.8 Å². The number of fused-ring (bicyclic) bond motifs is 9. The van der Waals surface area contributed by atoms with Gasteiger partial charge in [-0.15, -0.1) is 5.10 Å². The minimum Gasteiger partial charge on any atom is -0.492 e. The van der Waals surface area contributed by atoms with E-state index in [2.05, 4.69) is 68.0 Å². The van der Waals surface area contributed by atoms with E-state index in [0.717, 1.165) is 53.8 Å². The van der Waals surface area contributed by atoms with Gasteiger partial charge in [0.15, 0.2) is 41.6 Å². The van der Waals surface area contributed by atoms with Gasteiger partial charge in [-0.25, -0.2) is 39.6 Å². The van der Waals surface area contributed by atoms with Crippen molar-refractivity contribution in [3.05, 3.63) is 143 Å². The van der Waals surface area contributed by atoms with Crippen molar-refractivity contribution in [2.24, 2.45) is 0 Å². The third kappa shape index (κ3) is 17.1. The summed E-state index contributed by atoms with van der Waals surface area (Å²) in [7, 11) is 0. The SMILES string of the molecule is CP(O)(=S)OCCCCCCNC(=O)CCCCC(=O)N1Cc2ccccc2-c2nnn(CCOc3ccc(C(=O)Oc4ccc(CS[P@@]5(=O)N[C@H]6[C@@H](O)[C@H](n7cnc8c(N)ncnc87)O[C@@H]6CO[P@](=O)(S)N[C@H]6[C@@H](O)[C@H](n7cnc8c(=O)[nH]c(N)nc87)O[C@@H]6CO5)cc4)cc3)c2-c2ccccc21. The lowest BCUT2D eigenvalue weighted by molar-refractivity contribution is -0.122. The molecular formula is C64H74N17O16P3S3. The van der Waals surface area contributed by atoms with Crippen LogP contribution in [0, 0.1) is 0 Å². The molecule has 4 aliphatic heterocycles. The number of nitrogens with zero attached hydrogens (tertiary/aromatic N) is 11. The van der Waals surface area contributed by atoms with Gasteiger partial charge in [0.05, 0.1) is 74.6 Å². The molecule has 0 bridgehead atoms. The number of esters is 1. The molecular weight excluding hydrogens is 1450 g/mol. The minimum atomic E-state index is -4.28. The Morgan fingerprint density at radius 2 is 1.46 bits per heavy atom. The molecule has 0 aliphatic carbocycles. The Labute approximate surface area is 602 Å². The average Bonchev–Trinajstić information content (AvgIpc) is 1.67. The summed E-state index contributed by atoms with van der Waals surface area (Å²) in [6.07, 6.45) is 0.710. The molecule has 9 heterocycles. The van der Waals surface area contributed by atoms with Gasteiger partial charge in [0.25, 0.3) is 5.56 Å². The van der Waals surface area contributed by atoms with Gasteiger partial charge in [0.2, 0.25) is 17.8 Å². The number of para-hydroxylation sites is 1. The van der Waals surface area contributed by atoms with E-state index in [0.29, 0.717) is 67.3 Å². The number of carbonyl (C=O) groups excluding carboxylic acids is 3. The van der Waals surface area contributed by atoms with E-state index in [9.17, 15) is 38.8 Å². The summed E-state index contributed by atoms with van der Waals surface area (Å²) in [6, 6.07) is 25.8. The molecule has 11 atom stereocenters. The second-order valence-electron chi connectivity index (χ2n) is 24.8. The lowest BCUT2D eigenvalue weighted by atomic mass is 9.95. The van der Waals surface area contributed by atoms with Crippen molar-refractivity contribution in [3.63, 3.8) is 0 Å². The summed E-state index contributed by atoms with van der Waals surface area (Å²) in [5, 5.41) is 42.0. The van der Waals surface area contributed by atoms with E-state index < -0.39 is 93.6 Å². The fourth-order valence-corrected chi connectivity index (χ4v) is 18.7. The first-order chi connectivity index (χ1) is 49.6. The van der Waals surface area contributed by atoms with Gasteiger partial charge in [0, 0.05) is 42.9 Å². The smallest absolute Gasteiger partial charge is 0.343 e. The predicted octanol–water partition coefficient (Wildman–Crippen LogP) is 6.94. The van der Waals surface area contributed by atoms with Crippen LogP contribution in [0.2, 0.25) is 0 Å². The summed E-state index contributed by atoms with van der Waals surface area (Å²) in [5.74, 6) is -0.274. The van der Waals surface area contributed by atoms with Crippen LogP contribution in [0.4, 0.5) is 17.5 Å². The molecule has 3 saturated heterocycles. The Balaban J connectivity index is 0.637. The number of anilines is 3. The molecule has 4 aromatic carbocycles. The van der Waals surface area contributed by atoms with Gasteiger partial charge in [-0.3, -0.25) is 37.6 Å². The minimum absolute atomic E-state index is 0.0146. The lowest BCUT2D eigenvalue weighted by Crippen LogP contribution is -2.47. The molecule has 11 N–H and O–H groups in total. The van der Waals surface area contributed by atoms with Crippen LogP contribution < -0.4 is 46.9 Å². The van der Waals surface area contributed by atoms with Crippen molar-refractivity contribution < 1.29 is 71.1 Å². The molecule has 33 nitrogen and oxygen atoms in total. The number of H-pyrrole nitrogens is 1. The first-order valence-corrected chi connectivity index (χ1v) is 42.1. The zero-order valence-electron chi connectivity index (χ0n) is 55.2. The number of carbonyl (C=O) groups is 3. The number of ether oxygens (including phenoxy) is 4. The van der Waals surface area contributed by atoms with Crippen LogP contribution in [0.15, 0.2) is 121 Å². The number of aromatic nitrogens is 11. The van der Waals surface area contributed by atoms with Gasteiger partial charge >= 0.3 is 19.4 Å². The second kappa shape index (κ2) is 31.8. The van der Waals surface area contributed by atoms with Crippen molar-refractivity contribution in [3.8, 4) is 34.0 Å². The van der Waals surface area contributed by atoms with E-state index in [-0.39, 0.29) is 82.5 Å². The number of thiol groups is 1.